The molecule has 0 N–H and O–H groups in total. The van der Waals surface area contributed by atoms with Crippen LogP contribution in [0, 0.1) is 5.92 Å². The highest BCUT2D eigenvalue weighted by atomic mass is 16.6. The van der Waals surface area contributed by atoms with Gasteiger partial charge in [-0.15, -0.1) is 0 Å². The molecule has 3 aliphatic heterocycles. The Morgan fingerprint density at radius 1 is 1.06 bits per heavy atom. The molecule has 3 heterocycles. The van der Waals surface area contributed by atoms with Crippen LogP contribution in [0.1, 0.15) is 45.4 Å². The lowest BCUT2D eigenvalue weighted by atomic mass is 9.93. The van der Waals surface area contributed by atoms with Gasteiger partial charge in [0, 0.05) is 32.6 Å². The molecule has 0 radical (unpaired) electrons. The summed E-state index contributed by atoms with van der Waals surface area (Å²) in [5, 5.41) is 0. The molecule has 4 aliphatic rings. The number of Topliss-reactive ketones (excluding diaryl/α,β-unsaturated/α-hetero) is 1. The Morgan fingerprint density at radius 2 is 1.87 bits per heavy atom. The molecule has 6 heteroatoms. The van der Waals surface area contributed by atoms with Crippen LogP contribution in [-0.2, 0) is 14.3 Å². The first-order valence-corrected chi connectivity index (χ1v) is 11.9. The van der Waals surface area contributed by atoms with Gasteiger partial charge >= 0.3 is 0 Å². The maximum atomic E-state index is 11.3. The highest BCUT2D eigenvalue weighted by molar-refractivity contribution is 5.77. The normalized spacial score (nSPS) is 23.5. The smallest absolute Gasteiger partial charge is 0.231 e. The predicted octanol–water partition coefficient (Wildman–Crippen LogP) is 3.65. The highest BCUT2D eigenvalue weighted by Gasteiger charge is 2.25. The molecule has 0 saturated carbocycles. The van der Waals surface area contributed by atoms with E-state index in [0.29, 0.717) is 6.54 Å². The molecule has 2 fully saturated rings. The van der Waals surface area contributed by atoms with E-state index in [9.17, 15) is 4.79 Å². The summed E-state index contributed by atoms with van der Waals surface area (Å²) in [7, 11) is 0. The standard InChI is InChI=1S/C25H37N3O3/c1-21(29)18-27-11-8-22(9-12-27)7-10-26-13-15-28(16-14-26)25-20-30-19-24(31-25)17-23-5-3-2-4-6-23/h2-3,5,19-20,22H,4,6-18H2,1H3. The Bertz CT molecular complexity index is 739. The topological polar surface area (TPSA) is 45.3 Å². The molecule has 2 saturated heterocycles. The third kappa shape index (κ3) is 6.71. The van der Waals surface area contributed by atoms with Crippen LogP contribution < -0.4 is 0 Å². The van der Waals surface area contributed by atoms with Crippen molar-refractivity contribution in [2.24, 2.45) is 5.92 Å². The fraction of sp³-hybridized carbons (Fsp3) is 0.640. The lowest BCUT2D eigenvalue weighted by molar-refractivity contribution is -0.118. The molecule has 0 spiro atoms. The lowest BCUT2D eigenvalue weighted by Crippen LogP contribution is -2.47. The molecule has 0 unspecified atom stereocenters. The number of piperazine rings is 1. The molecule has 0 aromatic carbocycles. The maximum absolute atomic E-state index is 11.3. The first-order valence-electron chi connectivity index (χ1n) is 11.9. The summed E-state index contributed by atoms with van der Waals surface area (Å²) in [4.78, 5) is 18.5. The van der Waals surface area contributed by atoms with Crippen molar-refractivity contribution in [3.05, 3.63) is 48.0 Å². The van der Waals surface area contributed by atoms with Crippen LogP contribution in [0.5, 0.6) is 0 Å². The van der Waals surface area contributed by atoms with E-state index < -0.39 is 0 Å². The number of ketones is 1. The Morgan fingerprint density at radius 3 is 2.58 bits per heavy atom. The summed E-state index contributed by atoms with van der Waals surface area (Å²) in [6.45, 7) is 9.73. The van der Waals surface area contributed by atoms with Crippen LogP contribution in [0.15, 0.2) is 48.0 Å². The molecule has 0 aromatic rings. The van der Waals surface area contributed by atoms with Gasteiger partial charge in [0.05, 0.1) is 6.54 Å². The van der Waals surface area contributed by atoms with Gasteiger partial charge in [-0.05, 0) is 64.6 Å². The summed E-state index contributed by atoms with van der Waals surface area (Å²) < 4.78 is 11.8. The van der Waals surface area contributed by atoms with Crippen molar-refractivity contribution in [3.63, 3.8) is 0 Å². The fourth-order valence-electron chi connectivity index (χ4n) is 4.90. The average molecular weight is 428 g/mol. The second kappa shape index (κ2) is 11.0. The Balaban J connectivity index is 1.14. The zero-order valence-electron chi connectivity index (χ0n) is 18.9. The maximum Gasteiger partial charge on any atom is 0.231 e. The molecule has 0 atom stereocenters. The third-order valence-corrected chi connectivity index (χ3v) is 6.80. The van der Waals surface area contributed by atoms with Gasteiger partial charge in [-0.25, -0.2) is 0 Å². The van der Waals surface area contributed by atoms with Crippen LogP contribution in [0.4, 0.5) is 0 Å². The quantitative estimate of drug-likeness (QED) is 0.589. The molecule has 1 aliphatic carbocycles. The summed E-state index contributed by atoms with van der Waals surface area (Å²) in [6.07, 6.45) is 16.8. The number of piperidine rings is 1. The Kier molecular flexibility index (Phi) is 7.86. The van der Waals surface area contributed by atoms with Crippen LogP contribution in [0.25, 0.3) is 0 Å². The van der Waals surface area contributed by atoms with Gasteiger partial charge in [0.2, 0.25) is 5.88 Å². The minimum absolute atomic E-state index is 0.282. The van der Waals surface area contributed by atoms with Gasteiger partial charge in [0.25, 0.3) is 0 Å². The van der Waals surface area contributed by atoms with Crippen molar-refractivity contribution >= 4 is 5.78 Å². The zero-order chi connectivity index (χ0) is 21.5. The average Bonchev–Trinajstić information content (AvgIpc) is 2.79. The molecule has 31 heavy (non-hydrogen) atoms. The number of carbonyl (C=O) groups is 1. The first kappa shape index (κ1) is 22.2. The van der Waals surface area contributed by atoms with Gasteiger partial charge in [-0.2, -0.15) is 0 Å². The number of nitrogens with zero attached hydrogens (tertiary/aromatic N) is 3. The van der Waals surface area contributed by atoms with Gasteiger partial charge in [0.15, 0.2) is 6.26 Å². The molecular weight excluding hydrogens is 390 g/mol. The number of rotatable bonds is 8. The minimum Gasteiger partial charge on any atom is -0.464 e. The largest absolute Gasteiger partial charge is 0.464 e. The van der Waals surface area contributed by atoms with E-state index in [1.165, 1.54) is 31.4 Å². The van der Waals surface area contributed by atoms with Gasteiger partial charge in [0.1, 0.15) is 17.8 Å². The van der Waals surface area contributed by atoms with Crippen molar-refractivity contribution < 1.29 is 14.3 Å². The van der Waals surface area contributed by atoms with Crippen LogP contribution in [0.2, 0.25) is 0 Å². The Hall–Kier alpha value is -2.05. The lowest BCUT2D eigenvalue weighted by Gasteiger charge is -2.38. The van der Waals surface area contributed by atoms with Crippen molar-refractivity contribution in [1.29, 1.82) is 0 Å². The van der Waals surface area contributed by atoms with E-state index in [0.717, 1.165) is 76.1 Å². The van der Waals surface area contributed by atoms with E-state index in [2.05, 4.69) is 32.9 Å². The molecule has 0 bridgehead atoms. The van der Waals surface area contributed by atoms with Crippen LogP contribution in [-0.4, -0.2) is 72.8 Å². The fourth-order valence-corrected chi connectivity index (χ4v) is 4.90. The summed E-state index contributed by atoms with van der Waals surface area (Å²) >= 11 is 0. The van der Waals surface area contributed by atoms with E-state index in [4.69, 9.17) is 9.47 Å². The number of hydrogen-bond acceptors (Lipinski definition) is 6. The van der Waals surface area contributed by atoms with Crippen molar-refractivity contribution in [3.8, 4) is 0 Å². The third-order valence-electron chi connectivity index (χ3n) is 6.80. The summed E-state index contributed by atoms with van der Waals surface area (Å²) in [6, 6.07) is 0. The molecule has 4 rings (SSSR count). The molecule has 6 nitrogen and oxygen atoms in total. The highest BCUT2D eigenvalue weighted by Crippen LogP contribution is 2.27. The van der Waals surface area contributed by atoms with Gasteiger partial charge in [-0.1, -0.05) is 23.8 Å². The number of likely N-dealkylation sites (tertiary alicyclic amines) is 1. The molecule has 170 valence electrons. The van der Waals surface area contributed by atoms with Gasteiger partial charge in [-0.3, -0.25) is 14.6 Å². The number of ether oxygens (including phenoxy) is 2. The number of hydrogen-bond donors (Lipinski definition) is 0. The van der Waals surface area contributed by atoms with Crippen LogP contribution >= 0.6 is 0 Å². The first-order chi connectivity index (χ1) is 15.2. The number of allylic oxidation sites excluding steroid dienone is 4. The van der Waals surface area contributed by atoms with Crippen molar-refractivity contribution in [2.45, 2.75) is 45.4 Å². The molecule has 0 amide bonds. The second-order valence-electron chi connectivity index (χ2n) is 9.29. The van der Waals surface area contributed by atoms with Crippen molar-refractivity contribution in [1.82, 2.24) is 14.7 Å². The van der Waals surface area contributed by atoms with E-state index in [1.54, 1.807) is 19.4 Å². The number of carbonyl (C=O) groups excluding carboxylic acids is 1. The predicted molar refractivity (Wildman–Crippen MR) is 122 cm³/mol. The van der Waals surface area contributed by atoms with E-state index in [-0.39, 0.29) is 5.78 Å². The molecular formula is C25H37N3O3. The van der Waals surface area contributed by atoms with E-state index in [1.807, 2.05) is 0 Å². The van der Waals surface area contributed by atoms with Gasteiger partial charge < -0.3 is 14.4 Å². The zero-order valence-corrected chi connectivity index (χ0v) is 18.9. The summed E-state index contributed by atoms with van der Waals surface area (Å²) in [5.74, 6) is 2.83. The second-order valence-corrected chi connectivity index (χ2v) is 9.29. The monoisotopic (exact) mass is 427 g/mol. The van der Waals surface area contributed by atoms with Crippen LogP contribution in [0.3, 0.4) is 0 Å². The minimum atomic E-state index is 0.282. The molecule has 0 aromatic heterocycles. The summed E-state index contributed by atoms with van der Waals surface area (Å²) in [5.41, 5.74) is 1.40. The Labute approximate surface area is 186 Å². The van der Waals surface area contributed by atoms with Crippen molar-refractivity contribution in [2.75, 3.05) is 52.4 Å². The van der Waals surface area contributed by atoms with E-state index >= 15 is 0 Å². The SMILES string of the molecule is CC(=O)CN1CCC(CCN2CCN(C3=COC=C(CC4=CC=CCC4)O3)CC2)CC1.